The zero-order valence-corrected chi connectivity index (χ0v) is 14.1. The fourth-order valence-electron chi connectivity index (χ4n) is 4.47. The van der Waals surface area contributed by atoms with Gasteiger partial charge in [0, 0.05) is 18.6 Å². The lowest BCUT2D eigenvalue weighted by Crippen LogP contribution is -2.55. The van der Waals surface area contributed by atoms with Gasteiger partial charge in [0.15, 0.2) is 0 Å². The van der Waals surface area contributed by atoms with Crippen LogP contribution in [0.3, 0.4) is 0 Å². The van der Waals surface area contributed by atoms with Crippen LogP contribution in [0.5, 0.6) is 0 Å². The second-order valence-corrected chi connectivity index (χ2v) is 7.18. The van der Waals surface area contributed by atoms with Crippen molar-refractivity contribution in [1.29, 1.82) is 0 Å². The van der Waals surface area contributed by atoms with Crippen molar-refractivity contribution in [3.63, 3.8) is 0 Å². The van der Waals surface area contributed by atoms with Crippen LogP contribution in [0, 0.1) is 11.8 Å². The molecule has 118 valence electrons. The maximum atomic E-state index is 3.70. The summed E-state index contributed by atoms with van der Waals surface area (Å²) in [6, 6.07) is 1.34. The summed E-state index contributed by atoms with van der Waals surface area (Å²) in [5.41, 5.74) is 0. The molecule has 1 saturated carbocycles. The SMILES string of the molecule is CCC1CCCC(C(NC)C2CN(C)CCCN2C)C1. The molecule has 3 nitrogen and oxygen atoms in total. The van der Waals surface area contributed by atoms with Gasteiger partial charge in [-0.3, -0.25) is 0 Å². The predicted molar refractivity (Wildman–Crippen MR) is 87.1 cm³/mol. The number of likely N-dealkylation sites (N-methyl/N-ethyl adjacent to an activating group) is 3. The molecule has 1 aliphatic heterocycles. The van der Waals surface area contributed by atoms with Crippen LogP contribution in [0.15, 0.2) is 0 Å². The Bertz CT molecular complexity index is 281. The van der Waals surface area contributed by atoms with Crippen LogP contribution in [0.2, 0.25) is 0 Å². The first-order valence-corrected chi connectivity index (χ1v) is 8.71. The molecule has 20 heavy (non-hydrogen) atoms. The van der Waals surface area contributed by atoms with Gasteiger partial charge in [0.25, 0.3) is 0 Å². The van der Waals surface area contributed by atoms with E-state index in [0.29, 0.717) is 12.1 Å². The van der Waals surface area contributed by atoms with E-state index >= 15 is 0 Å². The van der Waals surface area contributed by atoms with E-state index in [0.717, 1.165) is 11.8 Å². The fraction of sp³-hybridized carbons (Fsp3) is 1.00. The first-order valence-electron chi connectivity index (χ1n) is 8.71. The maximum absolute atomic E-state index is 3.70. The van der Waals surface area contributed by atoms with Crippen molar-refractivity contribution in [1.82, 2.24) is 15.1 Å². The van der Waals surface area contributed by atoms with Crippen LogP contribution in [0.1, 0.15) is 45.4 Å². The molecule has 1 heterocycles. The fourth-order valence-corrected chi connectivity index (χ4v) is 4.47. The Morgan fingerprint density at radius 3 is 2.65 bits per heavy atom. The summed E-state index contributed by atoms with van der Waals surface area (Å²) in [7, 11) is 6.79. The van der Waals surface area contributed by atoms with E-state index in [1.165, 1.54) is 58.2 Å². The third kappa shape index (κ3) is 3.96. The minimum absolute atomic E-state index is 0.662. The van der Waals surface area contributed by atoms with Crippen LogP contribution in [0.4, 0.5) is 0 Å². The maximum Gasteiger partial charge on any atom is 0.0375 e. The molecule has 1 saturated heterocycles. The summed E-state index contributed by atoms with van der Waals surface area (Å²) in [6.45, 7) is 6.08. The largest absolute Gasteiger partial charge is 0.315 e. The monoisotopic (exact) mass is 281 g/mol. The summed E-state index contributed by atoms with van der Waals surface area (Å²) >= 11 is 0. The lowest BCUT2D eigenvalue weighted by Gasteiger charge is -2.42. The van der Waals surface area contributed by atoms with Crippen LogP contribution in [0.25, 0.3) is 0 Å². The topological polar surface area (TPSA) is 18.5 Å². The van der Waals surface area contributed by atoms with Crippen molar-refractivity contribution in [3.8, 4) is 0 Å². The van der Waals surface area contributed by atoms with Gasteiger partial charge in [-0.1, -0.05) is 26.2 Å². The number of nitrogens with one attached hydrogen (secondary N) is 1. The van der Waals surface area contributed by atoms with Crippen LogP contribution in [-0.4, -0.2) is 62.7 Å². The van der Waals surface area contributed by atoms with E-state index in [4.69, 9.17) is 0 Å². The van der Waals surface area contributed by atoms with E-state index in [1.807, 2.05) is 0 Å². The number of nitrogens with zero attached hydrogens (tertiary/aromatic N) is 2. The van der Waals surface area contributed by atoms with Gasteiger partial charge in [-0.05, 0) is 65.3 Å². The Kier molecular flexibility index (Phi) is 6.31. The third-order valence-electron chi connectivity index (χ3n) is 5.77. The molecule has 0 aromatic carbocycles. The van der Waals surface area contributed by atoms with Gasteiger partial charge in [0.2, 0.25) is 0 Å². The van der Waals surface area contributed by atoms with Crippen molar-refractivity contribution < 1.29 is 0 Å². The summed E-state index contributed by atoms with van der Waals surface area (Å²) in [5, 5.41) is 3.70. The number of rotatable bonds is 4. The zero-order chi connectivity index (χ0) is 14.5. The van der Waals surface area contributed by atoms with E-state index in [9.17, 15) is 0 Å². The van der Waals surface area contributed by atoms with Gasteiger partial charge in [0.1, 0.15) is 0 Å². The highest BCUT2D eigenvalue weighted by molar-refractivity contribution is 4.93. The lowest BCUT2D eigenvalue weighted by molar-refractivity contribution is 0.115. The Labute approximate surface area is 126 Å². The molecule has 1 aliphatic carbocycles. The first-order chi connectivity index (χ1) is 9.65. The van der Waals surface area contributed by atoms with E-state index in [2.05, 4.69) is 43.2 Å². The standard InChI is InChI=1S/C17H35N3/c1-5-14-8-6-9-15(12-14)17(18-2)16-13-19(3)10-7-11-20(16)4/h14-18H,5-13H2,1-4H3. The minimum atomic E-state index is 0.662. The highest BCUT2D eigenvalue weighted by Gasteiger charge is 2.35. The number of hydrogen-bond donors (Lipinski definition) is 1. The van der Waals surface area contributed by atoms with Gasteiger partial charge in [-0.25, -0.2) is 0 Å². The molecule has 0 spiro atoms. The normalized spacial score (nSPS) is 35.7. The van der Waals surface area contributed by atoms with Crippen LogP contribution >= 0.6 is 0 Å². The van der Waals surface area contributed by atoms with Gasteiger partial charge < -0.3 is 15.1 Å². The Hall–Kier alpha value is -0.120. The van der Waals surface area contributed by atoms with Gasteiger partial charge in [0.05, 0.1) is 0 Å². The van der Waals surface area contributed by atoms with Crippen molar-refractivity contribution >= 4 is 0 Å². The van der Waals surface area contributed by atoms with Crippen molar-refractivity contribution in [3.05, 3.63) is 0 Å². The Morgan fingerprint density at radius 1 is 1.15 bits per heavy atom. The molecule has 0 radical (unpaired) electrons. The van der Waals surface area contributed by atoms with Crippen LogP contribution in [-0.2, 0) is 0 Å². The molecule has 4 atom stereocenters. The van der Waals surface area contributed by atoms with E-state index < -0.39 is 0 Å². The average molecular weight is 281 g/mol. The van der Waals surface area contributed by atoms with E-state index in [-0.39, 0.29) is 0 Å². The lowest BCUT2D eigenvalue weighted by atomic mass is 9.75. The molecule has 2 rings (SSSR count). The molecule has 0 aromatic heterocycles. The molecular weight excluding hydrogens is 246 g/mol. The second kappa shape index (κ2) is 7.77. The molecule has 0 amide bonds. The quantitative estimate of drug-likeness (QED) is 0.854. The molecule has 3 heteroatoms. The van der Waals surface area contributed by atoms with E-state index in [1.54, 1.807) is 0 Å². The smallest absolute Gasteiger partial charge is 0.0375 e. The molecule has 0 aromatic rings. The molecule has 0 bridgehead atoms. The van der Waals surface area contributed by atoms with Crippen LogP contribution < -0.4 is 5.32 Å². The molecule has 4 unspecified atom stereocenters. The Balaban J connectivity index is 2.04. The summed E-state index contributed by atoms with van der Waals surface area (Å²) in [4.78, 5) is 5.14. The third-order valence-corrected chi connectivity index (χ3v) is 5.77. The molecular formula is C17H35N3. The van der Waals surface area contributed by atoms with Crippen molar-refractivity contribution in [2.24, 2.45) is 11.8 Å². The van der Waals surface area contributed by atoms with Crippen molar-refractivity contribution in [2.75, 3.05) is 40.8 Å². The highest BCUT2D eigenvalue weighted by atomic mass is 15.2. The molecule has 2 fully saturated rings. The van der Waals surface area contributed by atoms with Gasteiger partial charge in [-0.2, -0.15) is 0 Å². The van der Waals surface area contributed by atoms with Gasteiger partial charge in [-0.15, -0.1) is 0 Å². The Morgan fingerprint density at radius 2 is 1.95 bits per heavy atom. The van der Waals surface area contributed by atoms with Crippen molar-refractivity contribution in [2.45, 2.75) is 57.5 Å². The molecule has 1 N–H and O–H groups in total. The summed E-state index contributed by atoms with van der Waals surface area (Å²) in [5.74, 6) is 1.84. The average Bonchev–Trinajstić information content (AvgIpc) is 2.62. The highest BCUT2D eigenvalue weighted by Crippen LogP contribution is 2.34. The van der Waals surface area contributed by atoms with Gasteiger partial charge >= 0.3 is 0 Å². The number of hydrogen-bond acceptors (Lipinski definition) is 3. The summed E-state index contributed by atoms with van der Waals surface area (Å²) < 4.78 is 0. The predicted octanol–water partition coefficient (Wildman–Crippen LogP) is 2.43. The minimum Gasteiger partial charge on any atom is -0.315 e. The zero-order valence-electron chi connectivity index (χ0n) is 14.1. The first kappa shape index (κ1) is 16.3. The summed E-state index contributed by atoms with van der Waals surface area (Å²) in [6.07, 6.45) is 8.44. The molecule has 2 aliphatic rings. The second-order valence-electron chi connectivity index (χ2n) is 7.18.